The fourth-order valence-corrected chi connectivity index (χ4v) is 1.89. The molecular formula is C16H15FN2O2. The van der Waals surface area contributed by atoms with Crippen LogP contribution in [0.2, 0.25) is 0 Å². The number of amides is 2. The van der Waals surface area contributed by atoms with Gasteiger partial charge in [-0.15, -0.1) is 0 Å². The van der Waals surface area contributed by atoms with Gasteiger partial charge in [-0.25, -0.2) is 4.39 Å². The highest BCUT2D eigenvalue weighted by molar-refractivity contribution is 6.05. The van der Waals surface area contributed by atoms with Crippen molar-refractivity contribution in [2.75, 3.05) is 12.4 Å². The summed E-state index contributed by atoms with van der Waals surface area (Å²) in [4.78, 5) is 23.6. The highest BCUT2D eigenvalue weighted by atomic mass is 19.1. The number of anilines is 1. The number of carbonyl (C=O) groups is 2. The molecule has 4 nitrogen and oxygen atoms in total. The van der Waals surface area contributed by atoms with E-state index in [0.717, 1.165) is 5.56 Å². The summed E-state index contributed by atoms with van der Waals surface area (Å²) in [6, 6.07) is 10.8. The van der Waals surface area contributed by atoms with E-state index in [0.29, 0.717) is 11.3 Å². The number of hydrogen-bond acceptors (Lipinski definition) is 2. The molecule has 2 aromatic carbocycles. The van der Waals surface area contributed by atoms with Crippen LogP contribution in [0.5, 0.6) is 0 Å². The summed E-state index contributed by atoms with van der Waals surface area (Å²) in [5, 5.41) is 5.08. The van der Waals surface area contributed by atoms with Crippen molar-refractivity contribution in [2.45, 2.75) is 6.92 Å². The number of rotatable bonds is 3. The maximum absolute atomic E-state index is 13.7. The Morgan fingerprint density at radius 2 is 1.81 bits per heavy atom. The zero-order valence-corrected chi connectivity index (χ0v) is 11.7. The summed E-state index contributed by atoms with van der Waals surface area (Å²) in [7, 11) is 1.52. The number of carbonyl (C=O) groups excluding carboxylic acids is 2. The van der Waals surface area contributed by atoms with Crippen molar-refractivity contribution in [3.05, 3.63) is 65.0 Å². The molecule has 0 radical (unpaired) electrons. The zero-order chi connectivity index (χ0) is 15.4. The molecule has 2 aromatic rings. The maximum Gasteiger partial charge on any atom is 0.258 e. The van der Waals surface area contributed by atoms with Gasteiger partial charge >= 0.3 is 0 Å². The molecule has 0 atom stereocenters. The van der Waals surface area contributed by atoms with Crippen LogP contribution >= 0.6 is 0 Å². The summed E-state index contributed by atoms with van der Waals surface area (Å²) in [5.41, 5.74) is 1.55. The average Bonchev–Trinajstić information content (AvgIpc) is 2.46. The van der Waals surface area contributed by atoms with Gasteiger partial charge in [0.2, 0.25) is 0 Å². The number of halogens is 1. The third kappa shape index (κ3) is 3.45. The molecule has 0 saturated heterocycles. The Morgan fingerprint density at radius 1 is 1.05 bits per heavy atom. The fraction of sp³-hybridized carbons (Fsp3) is 0.125. The molecule has 0 aliphatic rings. The lowest BCUT2D eigenvalue weighted by Gasteiger charge is -2.08. The van der Waals surface area contributed by atoms with Crippen LogP contribution in [0.1, 0.15) is 26.3 Å². The second-order valence-electron chi connectivity index (χ2n) is 4.60. The monoisotopic (exact) mass is 286 g/mol. The van der Waals surface area contributed by atoms with E-state index < -0.39 is 11.7 Å². The van der Waals surface area contributed by atoms with Crippen LogP contribution in [0.3, 0.4) is 0 Å². The summed E-state index contributed by atoms with van der Waals surface area (Å²) >= 11 is 0. The first-order chi connectivity index (χ1) is 10.0. The topological polar surface area (TPSA) is 58.2 Å². The molecule has 0 unspecified atom stereocenters. The highest BCUT2D eigenvalue weighted by Gasteiger charge is 2.12. The minimum absolute atomic E-state index is 0.0362. The highest BCUT2D eigenvalue weighted by Crippen LogP contribution is 2.15. The van der Waals surface area contributed by atoms with Crippen LogP contribution < -0.4 is 10.6 Å². The van der Waals surface area contributed by atoms with Crippen molar-refractivity contribution in [2.24, 2.45) is 0 Å². The molecule has 0 fully saturated rings. The van der Waals surface area contributed by atoms with Crippen molar-refractivity contribution in [3.8, 4) is 0 Å². The third-order valence-corrected chi connectivity index (χ3v) is 2.98. The molecule has 0 bridgehead atoms. The molecule has 2 N–H and O–H groups in total. The molecule has 108 valence electrons. The molecule has 5 heteroatoms. The molecule has 0 saturated carbocycles. The van der Waals surface area contributed by atoms with Crippen LogP contribution in [-0.4, -0.2) is 18.9 Å². The van der Waals surface area contributed by atoms with Gasteiger partial charge in [0.25, 0.3) is 11.8 Å². The lowest BCUT2D eigenvalue weighted by molar-refractivity contribution is 0.0961. The SMILES string of the molecule is CNC(=O)c1cccc(NC(=O)c2ccc(C)cc2F)c1. The number of hydrogen-bond donors (Lipinski definition) is 2. The molecule has 0 heterocycles. The van der Waals surface area contributed by atoms with Crippen LogP contribution in [-0.2, 0) is 0 Å². The number of aryl methyl sites for hydroxylation is 1. The number of nitrogens with one attached hydrogen (secondary N) is 2. The van der Waals surface area contributed by atoms with Gasteiger partial charge in [-0.1, -0.05) is 12.1 Å². The first-order valence-corrected chi connectivity index (χ1v) is 6.41. The zero-order valence-electron chi connectivity index (χ0n) is 11.7. The molecule has 0 aliphatic heterocycles. The minimum Gasteiger partial charge on any atom is -0.355 e. The molecule has 2 amide bonds. The fourth-order valence-electron chi connectivity index (χ4n) is 1.89. The van der Waals surface area contributed by atoms with Gasteiger partial charge in [0.05, 0.1) is 5.56 Å². The van der Waals surface area contributed by atoms with Gasteiger partial charge in [0, 0.05) is 18.3 Å². The van der Waals surface area contributed by atoms with E-state index in [1.165, 1.54) is 25.2 Å². The molecule has 21 heavy (non-hydrogen) atoms. The van der Waals surface area contributed by atoms with Crippen LogP contribution in [0, 0.1) is 12.7 Å². The van der Waals surface area contributed by atoms with Crippen molar-refractivity contribution < 1.29 is 14.0 Å². The minimum atomic E-state index is -0.574. The van der Waals surface area contributed by atoms with Gasteiger partial charge in [0.1, 0.15) is 5.82 Å². The lowest BCUT2D eigenvalue weighted by atomic mass is 10.1. The maximum atomic E-state index is 13.7. The van der Waals surface area contributed by atoms with Crippen LogP contribution in [0.25, 0.3) is 0 Å². The van der Waals surface area contributed by atoms with E-state index >= 15 is 0 Å². The summed E-state index contributed by atoms with van der Waals surface area (Å²) in [6.45, 7) is 1.75. The van der Waals surface area contributed by atoms with Gasteiger partial charge in [-0.3, -0.25) is 9.59 Å². The average molecular weight is 286 g/mol. The molecule has 0 aliphatic carbocycles. The van der Waals surface area contributed by atoms with Gasteiger partial charge < -0.3 is 10.6 Å². The first kappa shape index (κ1) is 14.7. The van der Waals surface area contributed by atoms with E-state index in [4.69, 9.17) is 0 Å². The van der Waals surface area contributed by atoms with E-state index in [-0.39, 0.29) is 11.5 Å². The van der Waals surface area contributed by atoms with Crippen molar-refractivity contribution in [1.82, 2.24) is 5.32 Å². The first-order valence-electron chi connectivity index (χ1n) is 6.41. The Morgan fingerprint density at radius 3 is 2.48 bits per heavy atom. The second kappa shape index (κ2) is 6.17. The Bertz CT molecular complexity index is 698. The molecular weight excluding hydrogens is 271 g/mol. The summed E-state index contributed by atoms with van der Waals surface area (Å²) in [6.07, 6.45) is 0. The summed E-state index contributed by atoms with van der Waals surface area (Å²) in [5.74, 6) is -1.39. The van der Waals surface area contributed by atoms with E-state index in [9.17, 15) is 14.0 Å². The summed E-state index contributed by atoms with van der Waals surface area (Å²) < 4.78 is 13.7. The molecule has 0 aromatic heterocycles. The second-order valence-corrected chi connectivity index (χ2v) is 4.60. The van der Waals surface area contributed by atoms with Crippen molar-refractivity contribution in [3.63, 3.8) is 0 Å². The normalized spacial score (nSPS) is 10.0. The van der Waals surface area contributed by atoms with E-state index in [2.05, 4.69) is 10.6 Å². The van der Waals surface area contributed by atoms with Gasteiger partial charge in [-0.2, -0.15) is 0 Å². The predicted octanol–water partition coefficient (Wildman–Crippen LogP) is 2.75. The smallest absolute Gasteiger partial charge is 0.258 e. The standard InChI is InChI=1S/C16H15FN2O2/c1-10-6-7-13(14(17)8-10)16(21)19-12-5-3-4-11(9-12)15(20)18-2/h3-9H,1-2H3,(H,18,20)(H,19,21). The van der Waals surface area contributed by atoms with E-state index in [1.807, 2.05) is 0 Å². The van der Waals surface area contributed by atoms with Gasteiger partial charge in [0.15, 0.2) is 0 Å². The Hall–Kier alpha value is -2.69. The third-order valence-electron chi connectivity index (χ3n) is 2.98. The van der Waals surface area contributed by atoms with Crippen LogP contribution in [0.15, 0.2) is 42.5 Å². The van der Waals surface area contributed by atoms with E-state index in [1.54, 1.807) is 31.2 Å². The largest absolute Gasteiger partial charge is 0.355 e. The van der Waals surface area contributed by atoms with Gasteiger partial charge in [-0.05, 0) is 42.8 Å². The predicted molar refractivity (Wildman–Crippen MR) is 78.9 cm³/mol. The molecule has 0 spiro atoms. The van der Waals surface area contributed by atoms with Crippen molar-refractivity contribution >= 4 is 17.5 Å². The quantitative estimate of drug-likeness (QED) is 0.911. The van der Waals surface area contributed by atoms with Crippen LogP contribution in [0.4, 0.5) is 10.1 Å². The van der Waals surface area contributed by atoms with Crippen molar-refractivity contribution in [1.29, 1.82) is 0 Å². The Kier molecular flexibility index (Phi) is 4.33. The lowest BCUT2D eigenvalue weighted by Crippen LogP contribution is -2.18. The molecule has 2 rings (SSSR count). The Labute approximate surface area is 122 Å². The Balaban J connectivity index is 2.21. The number of benzene rings is 2.